The number of hydrogen-bond donors (Lipinski definition) is 0. The third-order valence-corrected chi connectivity index (χ3v) is 6.96. The second-order valence-corrected chi connectivity index (χ2v) is 9.39. The first kappa shape index (κ1) is 16.4. The fourth-order valence-corrected chi connectivity index (χ4v) is 5.39. The van der Waals surface area contributed by atoms with Crippen molar-refractivity contribution in [3.63, 3.8) is 0 Å². The van der Waals surface area contributed by atoms with Crippen LogP contribution >= 0.6 is 23.2 Å². The van der Waals surface area contributed by atoms with Crippen LogP contribution in [0.15, 0.2) is 48.5 Å². The average molecular weight is 379 g/mol. The molecule has 26 heavy (non-hydrogen) atoms. The Morgan fingerprint density at radius 1 is 0.615 bits per heavy atom. The molecule has 0 aliphatic heterocycles. The van der Waals surface area contributed by atoms with E-state index in [1.54, 1.807) is 0 Å². The van der Waals surface area contributed by atoms with Gasteiger partial charge in [-0.25, -0.2) is 0 Å². The van der Waals surface area contributed by atoms with E-state index in [1.165, 1.54) is 44.5 Å². The van der Waals surface area contributed by atoms with Gasteiger partial charge in [-0.15, -0.1) is 0 Å². The number of halogens is 2. The molecule has 0 atom stereocenters. The molecule has 2 heteroatoms. The summed E-state index contributed by atoms with van der Waals surface area (Å²) in [4.78, 5) is 0. The van der Waals surface area contributed by atoms with E-state index in [2.05, 4.69) is 64.1 Å². The highest BCUT2D eigenvalue weighted by Gasteiger charge is 2.42. The van der Waals surface area contributed by atoms with Crippen molar-refractivity contribution in [1.29, 1.82) is 0 Å². The predicted octanol–water partition coefficient (Wildman–Crippen LogP) is 7.61. The van der Waals surface area contributed by atoms with Gasteiger partial charge >= 0.3 is 0 Å². The maximum Gasteiger partial charge on any atom is 0.0487 e. The van der Waals surface area contributed by atoms with E-state index in [0.29, 0.717) is 0 Å². The van der Waals surface area contributed by atoms with E-state index in [9.17, 15) is 0 Å². The van der Waals surface area contributed by atoms with Gasteiger partial charge in [-0.05, 0) is 69.3 Å². The molecule has 0 N–H and O–H groups in total. The Morgan fingerprint density at radius 2 is 1.23 bits per heavy atom. The average Bonchev–Trinajstić information content (AvgIpc) is 2.94. The van der Waals surface area contributed by atoms with Crippen molar-refractivity contribution >= 4 is 23.2 Å². The quantitative estimate of drug-likeness (QED) is 0.377. The zero-order valence-corrected chi connectivity index (χ0v) is 16.9. The normalized spacial score (nSPS) is 17.5. The molecule has 130 valence electrons. The van der Waals surface area contributed by atoms with Gasteiger partial charge in [0.05, 0.1) is 0 Å². The molecule has 2 aliphatic carbocycles. The van der Waals surface area contributed by atoms with Crippen molar-refractivity contribution in [3.05, 3.63) is 80.8 Å². The molecule has 3 aromatic carbocycles. The number of fused-ring (bicyclic) bond motifs is 6. The van der Waals surface area contributed by atoms with Crippen LogP contribution in [0.3, 0.4) is 0 Å². The summed E-state index contributed by atoms with van der Waals surface area (Å²) < 4.78 is 0. The highest BCUT2D eigenvalue weighted by Crippen LogP contribution is 2.57. The lowest BCUT2D eigenvalue weighted by atomic mass is 9.79. The second kappa shape index (κ2) is 4.94. The van der Waals surface area contributed by atoms with Crippen molar-refractivity contribution < 1.29 is 0 Å². The Morgan fingerprint density at radius 3 is 2.00 bits per heavy atom. The molecule has 0 fully saturated rings. The molecule has 5 rings (SSSR count). The second-order valence-electron chi connectivity index (χ2n) is 8.55. The van der Waals surface area contributed by atoms with Crippen LogP contribution in [0.25, 0.3) is 22.3 Å². The van der Waals surface area contributed by atoms with Gasteiger partial charge in [0.1, 0.15) is 0 Å². The molecule has 0 bridgehead atoms. The Balaban J connectivity index is 1.87. The lowest BCUT2D eigenvalue weighted by molar-refractivity contribution is 0.652. The van der Waals surface area contributed by atoms with Gasteiger partial charge in [-0.2, -0.15) is 0 Å². The fraction of sp³-hybridized carbons (Fsp3) is 0.250. The zero-order chi connectivity index (χ0) is 18.4. The third-order valence-electron chi connectivity index (χ3n) is 6.41. The SMILES string of the molecule is CC1(C)c2cc(Cl)ccc2-c2cc3c(cc21)-c1c(Cl)cccc1C3(C)C. The first-order valence-corrected chi connectivity index (χ1v) is 9.77. The van der Waals surface area contributed by atoms with Crippen LogP contribution < -0.4 is 0 Å². The highest BCUT2D eigenvalue weighted by atomic mass is 35.5. The minimum absolute atomic E-state index is 0.0517. The number of benzene rings is 3. The molecule has 0 amide bonds. The molecule has 0 heterocycles. The molecule has 0 saturated heterocycles. The first-order valence-electron chi connectivity index (χ1n) is 9.01. The van der Waals surface area contributed by atoms with Crippen LogP contribution in [0.2, 0.25) is 10.0 Å². The molecule has 0 aromatic heterocycles. The van der Waals surface area contributed by atoms with E-state index < -0.39 is 0 Å². The largest absolute Gasteiger partial charge is 0.0843 e. The van der Waals surface area contributed by atoms with Crippen molar-refractivity contribution in [2.45, 2.75) is 38.5 Å². The highest BCUT2D eigenvalue weighted by molar-refractivity contribution is 6.34. The van der Waals surface area contributed by atoms with E-state index in [1.807, 2.05) is 12.1 Å². The van der Waals surface area contributed by atoms with Crippen molar-refractivity contribution in [3.8, 4) is 22.3 Å². The van der Waals surface area contributed by atoms with Crippen molar-refractivity contribution in [2.24, 2.45) is 0 Å². The molecule has 0 saturated carbocycles. The first-order chi connectivity index (χ1) is 12.2. The van der Waals surface area contributed by atoms with Crippen LogP contribution in [0, 0.1) is 0 Å². The van der Waals surface area contributed by atoms with Gasteiger partial charge in [0.15, 0.2) is 0 Å². The van der Waals surface area contributed by atoms with Crippen LogP contribution in [0.1, 0.15) is 49.9 Å². The minimum atomic E-state index is -0.0707. The number of rotatable bonds is 0. The molecule has 0 unspecified atom stereocenters. The molecule has 3 aromatic rings. The number of hydrogen-bond acceptors (Lipinski definition) is 0. The van der Waals surface area contributed by atoms with E-state index in [-0.39, 0.29) is 10.8 Å². The Labute approximate surface area is 164 Å². The molecule has 2 aliphatic rings. The van der Waals surface area contributed by atoms with Gasteiger partial charge in [-0.3, -0.25) is 0 Å². The summed E-state index contributed by atoms with van der Waals surface area (Å²) >= 11 is 12.9. The monoisotopic (exact) mass is 378 g/mol. The van der Waals surface area contributed by atoms with Gasteiger partial charge in [0.2, 0.25) is 0 Å². The van der Waals surface area contributed by atoms with Crippen LogP contribution in [-0.4, -0.2) is 0 Å². The third kappa shape index (κ3) is 1.87. The Kier molecular flexibility index (Phi) is 3.12. The standard InChI is InChI=1S/C24H20Cl2/c1-23(2)17-6-5-7-21(26)22(17)16-12-19-15(11-20(16)23)14-9-8-13(25)10-18(14)24(19,3)4/h5-12H,1-4H3. The Bertz CT molecular complexity index is 1100. The summed E-state index contributed by atoms with van der Waals surface area (Å²) in [5.41, 5.74) is 10.3. The smallest absolute Gasteiger partial charge is 0.0487 e. The van der Waals surface area contributed by atoms with Crippen molar-refractivity contribution in [2.75, 3.05) is 0 Å². The van der Waals surface area contributed by atoms with E-state index in [4.69, 9.17) is 23.2 Å². The van der Waals surface area contributed by atoms with Crippen molar-refractivity contribution in [1.82, 2.24) is 0 Å². The summed E-state index contributed by atoms with van der Waals surface area (Å²) in [6, 6.07) is 17.3. The van der Waals surface area contributed by atoms with Crippen LogP contribution in [-0.2, 0) is 10.8 Å². The summed E-state index contributed by atoms with van der Waals surface area (Å²) in [6.45, 7) is 9.16. The van der Waals surface area contributed by atoms with E-state index >= 15 is 0 Å². The molecule has 0 spiro atoms. The summed E-state index contributed by atoms with van der Waals surface area (Å²) in [7, 11) is 0. The van der Waals surface area contributed by atoms with Gasteiger partial charge in [-0.1, -0.05) is 69.1 Å². The van der Waals surface area contributed by atoms with Gasteiger partial charge < -0.3 is 0 Å². The summed E-state index contributed by atoms with van der Waals surface area (Å²) in [5.74, 6) is 0. The van der Waals surface area contributed by atoms with Gasteiger partial charge in [0, 0.05) is 26.4 Å². The predicted molar refractivity (Wildman–Crippen MR) is 112 cm³/mol. The lowest BCUT2D eigenvalue weighted by Gasteiger charge is -2.24. The lowest BCUT2D eigenvalue weighted by Crippen LogP contribution is -2.17. The summed E-state index contributed by atoms with van der Waals surface area (Å²) in [6.07, 6.45) is 0. The topological polar surface area (TPSA) is 0 Å². The van der Waals surface area contributed by atoms with Crippen LogP contribution in [0.4, 0.5) is 0 Å². The van der Waals surface area contributed by atoms with Crippen LogP contribution in [0.5, 0.6) is 0 Å². The maximum absolute atomic E-state index is 6.64. The fourth-order valence-electron chi connectivity index (χ4n) is 4.94. The van der Waals surface area contributed by atoms with Gasteiger partial charge in [0.25, 0.3) is 0 Å². The molecular weight excluding hydrogens is 359 g/mol. The molecule has 0 radical (unpaired) electrons. The maximum atomic E-state index is 6.64. The molecular formula is C24H20Cl2. The minimum Gasteiger partial charge on any atom is -0.0843 e. The van der Waals surface area contributed by atoms with E-state index in [0.717, 1.165) is 10.0 Å². The molecule has 0 nitrogen and oxygen atoms in total. The Hall–Kier alpha value is -1.76. The zero-order valence-electron chi connectivity index (χ0n) is 15.4. The summed E-state index contributed by atoms with van der Waals surface area (Å²) in [5, 5.41) is 1.64.